The number of hydrogen-bond donors (Lipinski definition) is 1. The van der Waals surface area contributed by atoms with Crippen molar-refractivity contribution in [2.75, 3.05) is 13.2 Å². The first kappa shape index (κ1) is 28.4. The van der Waals surface area contributed by atoms with E-state index in [1.54, 1.807) is 31.3 Å². The molecule has 0 bridgehead atoms. The fourth-order valence-corrected chi connectivity index (χ4v) is 4.18. The van der Waals surface area contributed by atoms with Gasteiger partial charge >= 0.3 is 0 Å². The highest BCUT2D eigenvalue weighted by Gasteiger charge is 2.26. The van der Waals surface area contributed by atoms with E-state index in [-0.39, 0.29) is 22.6 Å². The predicted octanol–water partition coefficient (Wildman–Crippen LogP) is 7.19. The molecule has 0 aliphatic rings. The van der Waals surface area contributed by atoms with Crippen molar-refractivity contribution in [2.24, 2.45) is 7.05 Å². The highest BCUT2D eigenvalue weighted by atomic mass is 19.1. The van der Waals surface area contributed by atoms with E-state index in [1.165, 1.54) is 21.9 Å². The van der Waals surface area contributed by atoms with E-state index < -0.39 is 0 Å². The fourth-order valence-electron chi connectivity index (χ4n) is 4.18. The van der Waals surface area contributed by atoms with Crippen molar-refractivity contribution in [1.82, 2.24) is 15.1 Å². The molecule has 0 aliphatic carbocycles. The number of amides is 1. The van der Waals surface area contributed by atoms with Crippen LogP contribution in [0.2, 0.25) is 0 Å². The Morgan fingerprint density at radius 3 is 2.38 bits per heavy atom. The Bertz CT molecular complexity index is 1210. The molecule has 1 N–H and O–H groups in total. The number of carbonyl (C=O) groups excluding carboxylic acids is 1. The molecule has 0 atom stereocenters. The maximum atomic E-state index is 14.1. The van der Waals surface area contributed by atoms with E-state index in [1.807, 2.05) is 0 Å². The fraction of sp³-hybridized carbons (Fsp3) is 0.484. The molecule has 0 fully saturated rings. The van der Waals surface area contributed by atoms with Crippen LogP contribution in [0.1, 0.15) is 88.8 Å². The number of rotatable bonds is 12. The molecule has 200 valence electrons. The molecular weight excluding hydrogens is 465 g/mol. The molecule has 0 saturated heterocycles. The zero-order valence-electron chi connectivity index (χ0n) is 23.5. The number of nitrogens with zero attached hydrogens (tertiary/aromatic N) is 2. The molecular formula is C31H42FN3O2. The minimum Gasteiger partial charge on any atom is -0.493 e. The Balaban J connectivity index is 1.54. The van der Waals surface area contributed by atoms with Crippen molar-refractivity contribution < 1.29 is 13.9 Å². The zero-order chi connectivity index (χ0) is 27.2. The van der Waals surface area contributed by atoms with Crippen molar-refractivity contribution in [3.8, 4) is 17.0 Å². The highest BCUT2D eigenvalue weighted by Crippen LogP contribution is 2.38. The van der Waals surface area contributed by atoms with Crippen molar-refractivity contribution >= 4 is 5.91 Å². The van der Waals surface area contributed by atoms with Crippen LogP contribution in [0.5, 0.6) is 5.75 Å². The molecule has 37 heavy (non-hydrogen) atoms. The lowest BCUT2D eigenvalue weighted by Crippen LogP contribution is -2.26. The second kappa shape index (κ2) is 11.9. The van der Waals surface area contributed by atoms with E-state index in [4.69, 9.17) is 4.74 Å². The minimum atomic E-state index is -0.359. The molecule has 3 aromatic rings. The maximum Gasteiger partial charge on any atom is 0.269 e. The van der Waals surface area contributed by atoms with E-state index in [2.05, 4.69) is 70.2 Å². The first-order valence-electron chi connectivity index (χ1n) is 13.3. The Morgan fingerprint density at radius 1 is 1.00 bits per heavy atom. The first-order chi connectivity index (χ1) is 17.5. The van der Waals surface area contributed by atoms with Crippen molar-refractivity contribution in [3.63, 3.8) is 0 Å². The molecule has 2 aromatic carbocycles. The van der Waals surface area contributed by atoms with Crippen molar-refractivity contribution in [2.45, 2.75) is 78.1 Å². The summed E-state index contributed by atoms with van der Waals surface area (Å²) in [7, 11) is 1.69. The number of carbonyl (C=O) groups is 1. The van der Waals surface area contributed by atoms with Gasteiger partial charge in [-0.15, -0.1) is 0 Å². The van der Waals surface area contributed by atoms with Crippen LogP contribution >= 0.6 is 0 Å². The zero-order valence-corrected chi connectivity index (χ0v) is 23.5. The maximum absolute atomic E-state index is 14.1. The summed E-state index contributed by atoms with van der Waals surface area (Å²) in [6, 6.07) is 14.7. The Morgan fingerprint density at radius 2 is 1.70 bits per heavy atom. The van der Waals surface area contributed by atoms with Gasteiger partial charge in [-0.05, 0) is 66.3 Å². The monoisotopic (exact) mass is 507 g/mol. The summed E-state index contributed by atoms with van der Waals surface area (Å²) in [4.78, 5) is 12.7. The summed E-state index contributed by atoms with van der Waals surface area (Å²) < 4.78 is 21.8. The molecule has 1 heterocycles. The number of benzene rings is 2. The minimum absolute atomic E-state index is 0.0216. The lowest BCUT2D eigenvalue weighted by atomic mass is 9.76. The van der Waals surface area contributed by atoms with Gasteiger partial charge in [0.1, 0.15) is 17.3 Å². The van der Waals surface area contributed by atoms with Gasteiger partial charge in [0, 0.05) is 24.7 Å². The number of aromatic nitrogens is 2. The van der Waals surface area contributed by atoms with Crippen molar-refractivity contribution in [3.05, 3.63) is 71.2 Å². The van der Waals surface area contributed by atoms with Crippen LogP contribution in [0.25, 0.3) is 11.3 Å². The average molecular weight is 508 g/mol. The SMILES string of the molecule is CCC(C)(C)c1ccc(OCCCCNC(=O)c2cc(-c3ccccc3F)nn2C)c(C(C)(C)CC)c1. The highest BCUT2D eigenvalue weighted by molar-refractivity contribution is 5.93. The lowest BCUT2D eigenvalue weighted by Gasteiger charge is -2.30. The van der Waals surface area contributed by atoms with E-state index in [0.29, 0.717) is 30.1 Å². The van der Waals surface area contributed by atoms with Gasteiger partial charge in [0.25, 0.3) is 5.91 Å². The quantitative estimate of drug-likeness (QED) is 0.264. The molecule has 3 rings (SSSR count). The Hall–Kier alpha value is -3.15. The third-order valence-corrected chi connectivity index (χ3v) is 7.63. The van der Waals surface area contributed by atoms with Crippen LogP contribution in [0.4, 0.5) is 4.39 Å². The number of ether oxygens (including phenoxy) is 1. The lowest BCUT2D eigenvalue weighted by molar-refractivity contribution is 0.0943. The van der Waals surface area contributed by atoms with Gasteiger partial charge in [-0.1, -0.05) is 65.8 Å². The smallest absolute Gasteiger partial charge is 0.269 e. The molecule has 0 aliphatic heterocycles. The Kier molecular flexibility index (Phi) is 9.16. The molecule has 0 unspecified atom stereocenters. The van der Waals surface area contributed by atoms with Gasteiger partial charge in [-0.2, -0.15) is 5.10 Å². The summed E-state index contributed by atoms with van der Waals surface area (Å²) in [6.45, 7) is 14.7. The van der Waals surface area contributed by atoms with Gasteiger partial charge < -0.3 is 10.1 Å². The van der Waals surface area contributed by atoms with Crippen LogP contribution < -0.4 is 10.1 Å². The van der Waals surface area contributed by atoms with Crippen LogP contribution in [0.3, 0.4) is 0 Å². The van der Waals surface area contributed by atoms with E-state index in [0.717, 1.165) is 31.4 Å². The number of halogens is 1. The number of aryl methyl sites for hydroxylation is 1. The number of nitrogens with one attached hydrogen (secondary N) is 1. The molecule has 1 amide bonds. The second-order valence-corrected chi connectivity index (χ2v) is 11.0. The average Bonchev–Trinajstić information content (AvgIpc) is 3.27. The second-order valence-electron chi connectivity index (χ2n) is 11.0. The largest absolute Gasteiger partial charge is 0.493 e. The molecule has 0 spiro atoms. The summed E-state index contributed by atoms with van der Waals surface area (Å²) >= 11 is 0. The normalized spacial score (nSPS) is 12.0. The predicted molar refractivity (Wildman–Crippen MR) is 149 cm³/mol. The molecule has 5 nitrogen and oxygen atoms in total. The van der Waals surface area contributed by atoms with Gasteiger partial charge in [0.15, 0.2) is 0 Å². The van der Waals surface area contributed by atoms with Gasteiger partial charge in [0.2, 0.25) is 0 Å². The van der Waals surface area contributed by atoms with Crippen LogP contribution in [0, 0.1) is 5.82 Å². The summed E-state index contributed by atoms with van der Waals surface area (Å²) in [5.74, 6) is 0.364. The van der Waals surface area contributed by atoms with Crippen molar-refractivity contribution in [1.29, 1.82) is 0 Å². The summed E-state index contributed by atoms with van der Waals surface area (Å²) in [5.41, 5.74) is 3.96. The molecule has 6 heteroatoms. The third kappa shape index (κ3) is 6.79. The number of hydrogen-bond acceptors (Lipinski definition) is 3. The molecule has 1 aromatic heterocycles. The number of unbranched alkanes of at least 4 members (excludes halogenated alkanes) is 1. The molecule has 0 radical (unpaired) electrons. The van der Waals surface area contributed by atoms with E-state index in [9.17, 15) is 9.18 Å². The van der Waals surface area contributed by atoms with Crippen LogP contribution in [-0.4, -0.2) is 28.8 Å². The van der Waals surface area contributed by atoms with Gasteiger partial charge in [-0.3, -0.25) is 9.48 Å². The Labute approximate surface area is 221 Å². The standard InChI is InChI=1S/C31H42FN3O2/c1-8-30(3,4)22-16-17-28(24(20-22)31(5,6)9-2)37-19-13-12-18-33-29(36)27-21-26(34-35(27)7)23-14-10-11-15-25(23)32/h10-11,14-17,20-21H,8-9,12-13,18-19H2,1-7H3,(H,33,36). The van der Waals surface area contributed by atoms with Gasteiger partial charge in [0.05, 0.1) is 12.3 Å². The molecule has 0 saturated carbocycles. The summed E-state index contributed by atoms with van der Waals surface area (Å²) in [5, 5.41) is 7.26. The van der Waals surface area contributed by atoms with Crippen LogP contribution in [-0.2, 0) is 17.9 Å². The summed E-state index contributed by atoms with van der Waals surface area (Å²) in [6.07, 6.45) is 3.71. The third-order valence-electron chi connectivity index (χ3n) is 7.63. The van der Waals surface area contributed by atoms with Gasteiger partial charge in [-0.25, -0.2) is 4.39 Å². The van der Waals surface area contributed by atoms with Crippen LogP contribution in [0.15, 0.2) is 48.5 Å². The topological polar surface area (TPSA) is 56.1 Å². The van der Waals surface area contributed by atoms with E-state index >= 15 is 0 Å². The first-order valence-corrected chi connectivity index (χ1v) is 13.3.